The van der Waals surface area contributed by atoms with Crippen molar-refractivity contribution in [1.29, 1.82) is 0 Å². The monoisotopic (exact) mass is 354 g/mol. The molecule has 4 nitrogen and oxygen atoms in total. The minimum absolute atomic E-state index is 0.125. The minimum Gasteiger partial charge on any atom is -0.336 e. The number of carbonyl (C=O) groups is 2. The van der Waals surface area contributed by atoms with E-state index in [1.807, 2.05) is 0 Å². The fourth-order valence-corrected chi connectivity index (χ4v) is 3.24. The molecular weight excluding hydrogens is 331 g/mol. The van der Waals surface area contributed by atoms with Crippen LogP contribution >= 0.6 is 0 Å². The topological polar surface area (TPSA) is 40.6 Å². The van der Waals surface area contributed by atoms with Crippen LogP contribution in [0.1, 0.15) is 40.1 Å². The number of halogens is 1. The second-order valence-corrected chi connectivity index (χ2v) is 6.80. The Morgan fingerprint density at radius 3 is 2.04 bits per heavy atom. The van der Waals surface area contributed by atoms with Crippen LogP contribution in [-0.2, 0) is 0 Å². The summed E-state index contributed by atoms with van der Waals surface area (Å²) in [5.74, 6) is -0.789. The summed E-state index contributed by atoms with van der Waals surface area (Å²) in [7, 11) is 0. The number of carbonyl (C=O) groups excluding carboxylic acids is 2. The highest BCUT2D eigenvalue weighted by Gasteiger charge is 2.26. The zero-order valence-corrected chi connectivity index (χ0v) is 15.1. The maximum absolute atomic E-state index is 13.1. The molecule has 1 heterocycles. The molecule has 0 N–H and O–H groups in total. The predicted molar refractivity (Wildman–Crippen MR) is 98.9 cm³/mol. The Balaban J connectivity index is 1.82. The first-order valence-electron chi connectivity index (χ1n) is 8.90. The van der Waals surface area contributed by atoms with Gasteiger partial charge in [0.15, 0.2) is 5.78 Å². The molecule has 0 atom stereocenters. The SMILES string of the molecule is CC(C)N1CCN(C(=O)c2ccccc2C(=O)c2ccc(F)cc2)CC1. The summed E-state index contributed by atoms with van der Waals surface area (Å²) in [6, 6.07) is 12.7. The molecule has 3 rings (SSSR count). The van der Waals surface area contributed by atoms with Gasteiger partial charge in [0, 0.05) is 43.3 Å². The van der Waals surface area contributed by atoms with Gasteiger partial charge in [-0.05, 0) is 44.2 Å². The first kappa shape index (κ1) is 18.3. The average Bonchev–Trinajstić information content (AvgIpc) is 2.67. The Labute approximate surface area is 153 Å². The lowest BCUT2D eigenvalue weighted by Crippen LogP contribution is -2.50. The van der Waals surface area contributed by atoms with E-state index in [0.29, 0.717) is 35.8 Å². The van der Waals surface area contributed by atoms with Crippen molar-refractivity contribution in [2.24, 2.45) is 0 Å². The maximum atomic E-state index is 13.1. The van der Waals surface area contributed by atoms with Gasteiger partial charge >= 0.3 is 0 Å². The first-order valence-corrected chi connectivity index (χ1v) is 8.90. The third-order valence-corrected chi connectivity index (χ3v) is 4.84. The molecule has 5 heteroatoms. The quantitative estimate of drug-likeness (QED) is 0.792. The minimum atomic E-state index is -0.395. The van der Waals surface area contributed by atoms with Gasteiger partial charge in [0.1, 0.15) is 5.82 Å². The Morgan fingerprint density at radius 1 is 0.885 bits per heavy atom. The number of ketones is 1. The molecule has 0 unspecified atom stereocenters. The van der Waals surface area contributed by atoms with Crippen molar-refractivity contribution in [3.63, 3.8) is 0 Å². The van der Waals surface area contributed by atoms with Crippen LogP contribution in [0.3, 0.4) is 0 Å². The molecule has 2 aromatic rings. The van der Waals surface area contributed by atoms with E-state index in [4.69, 9.17) is 0 Å². The van der Waals surface area contributed by atoms with E-state index in [0.717, 1.165) is 13.1 Å². The summed E-state index contributed by atoms with van der Waals surface area (Å²) in [6.45, 7) is 7.25. The number of benzene rings is 2. The van der Waals surface area contributed by atoms with E-state index in [1.165, 1.54) is 24.3 Å². The van der Waals surface area contributed by atoms with Gasteiger partial charge in [0.05, 0.1) is 5.56 Å². The Hall–Kier alpha value is -2.53. The third kappa shape index (κ3) is 3.83. The lowest BCUT2D eigenvalue weighted by atomic mass is 9.97. The van der Waals surface area contributed by atoms with Crippen molar-refractivity contribution in [2.45, 2.75) is 19.9 Å². The summed E-state index contributed by atoms with van der Waals surface area (Å²) in [4.78, 5) is 29.9. The van der Waals surface area contributed by atoms with Gasteiger partial charge in [-0.2, -0.15) is 0 Å². The van der Waals surface area contributed by atoms with Crippen molar-refractivity contribution < 1.29 is 14.0 Å². The highest BCUT2D eigenvalue weighted by atomic mass is 19.1. The van der Waals surface area contributed by atoms with E-state index in [1.54, 1.807) is 29.2 Å². The molecule has 0 spiro atoms. The zero-order valence-electron chi connectivity index (χ0n) is 15.1. The summed E-state index contributed by atoms with van der Waals surface area (Å²) < 4.78 is 13.1. The molecule has 1 aliphatic rings. The van der Waals surface area contributed by atoms with Gasteiger partial charge in [-0.25, -0.2) is 4.39 Å². The van der Waals surface area contributed by atoms with Crippen molar-refractivity contribution in [3.8, 4) is 0 Å². The first-order chi connectivity index (χ1) is 12.5. The molecule has 0 radical (unpaired) electrons. The second kappa shape index (κ2) is 7.79. The number of hydrogen-bond acceptors (Lipinski definition) is 3. The van der Waals surface area contributed by atoms with Gasteiger partial charge in [-0.1, -0.05) is 18.2 Å². The molecule has 1 saturated heterocycles. The molecule has 26 heavy (non-hydrogen) atoms. The van der Waals surface area contributed by atoms with E-state index >= 15 is 0 Å². The molecule has 1 aliphatic heterocycles. The van der Waals surface area contributed by atoms with Crippen LogP contribution in [0, 0.1) is 5.82 Å². The summed E-state index contributed by atoms with van der Waals surface area (Å²) >= 11 is 0. The van der Waals surface area contributed by atoms with Gasteiger partial charge in [0.2, 0.25) is 0 Å². The van der Waals surface area contributed by atoms with Gasteiger partial charge in [-0.15, -0.1) is 0 Å². The third-order valence-electron chi connectivity index (χ3n) is 4.84. The Bertz CT molecular complexity index is 794. The van der Waals surface area contributed by atoms with Crippen LogP contribution in [-0.4, -0.2) is 53.7 Å². The Kier molecular flexibility index (Phi) is 5.47. The summed E-state index contributed by atoms with van der Waals surface area (Å²) in [6.07, 6.45) is 0. The van der Waals surface area contributed by atoms with Crippen molar-refractivity contribution >= 4 is 11.7 Å². The standard InChI is InChI=1S/C21H23FN2O2/c1-15(2)23-11-13-24(14-12-23)21(26)19-6-4-3-5-18(19)20(25)16-7-9-17(22)10-8-16/h3-10,15H,11-14H2,1-2H3. The smallest absolute Gasteiger partial charge is 0.254 e. The number of hydrogen-bond donors (Lipinski definition) is 0. The van der Waals surface area contributed by atoms with Gasteiger partial charge in [-0.3, -0.25) is 14.5 Å². The van der Waals surface area contributed by atoms with Gasteiger partial charge < -0.3 is 4.90 Å². The van der Waals surface area contributed by atoms with Gasteiger partial charge in [0.25, 0.3) is 5.91 Å². The highest BCUT2D eigenvalue weighted by Crippen LogP contribution is 2.18. The molecule has 1 fully saturated rings. The molecule has 1 amide bonds. The van der Waals surface area contributed by atoms with E-state index < -0.39 is 5.82 Å². The van der Waals surface area contributed by atoms with Crippen LogP contribution in [0.2, 0.25) is 0 Å². The van der Waals surface area contributed by atoms with Crippen LogP contribution < -0.4 is 0 Å². The number of nitrogens with zero attached hydrogens (tertiary/aromatic N) is 2. The van der Waals surface area contributed by atoms with Crippen LogP contribution in [0.4, 0.5) is 4.39 Å². The van der Waals surface area contributed by atoms with Crippen molar-refractivity contribution in [1.82, 2.24) is 9.80 Å². The number of amides is 1. The lowest BCUT2D eigenvalue weighted by Gasteiger charge is -2.37. The molecule has 0 aliphatic carbocycles. The Morgan fingerprint density at radius 2 is 1.46 bits per heavy atom. The fraction of sp³-hybridized carbons (Fsp3) is 0.333. The van der Waals surface area contributed by atoms with Crippen LogP contribution in [0.15, 0.2) is 48.5 Å². The number of rotatable bonds is 4. The molecular formula is C21H23FN2O2. The van der Waals surface area contributed by atoms with Crippen molar-refractivity contribution in [3.05, 3.63) is 71.0 Å². The molecule has 136 valence electrons. The van der Waals surface area contributed by atoms with Crippen LogP contribution in [0.5, 0.6) is 0 Å². The normalized spacial score (nSPS) is 15.3. The summed E-state index contributed by atoms with van der Waals surface area (Å²) in [5, 5.41) is 0. The molecule has 0 bridgehead atoms. The second-order valence-electron chi connectivity index (χ2n) is 6.80. The molecule has 0 aromatic heterocycles. The van der Waals surface area contributed by atoms with Crippen LogP contribution in [0.25, 0.3) is 0 Å². The molecule has 0 saturated carbocycles. The average molecular weight is 354 g/mol. The fourth-order valence-electron chi connectivity index (χ4n) is 3.24. The highest BCUT2D eigenvalue weighted by molar-refractivity contribution is 6.15. The summed E-state index contributed by atoms with van der Waals surface area (Å²) in [5.41, 5.74) is 1.13. The van der Waals surface area contributed by atoms with Crippen molar-refractivity contribution in [2.75, 3.05) is 26.2 Å². The van der Waals surface area contributed by atoms with E-state index in [9.17, 15) is 14.0 Å². The van der Waals surface area contributed by atoms with E-state index in [2.05, 4.69) is 18.7 Å². The largest absolute Gasteiger partial charge is 0.336 e. The zero-order chi connectivity index (χ0) is 18.7. The lowest BCUT2D eigenvalue weighted by molar-refractivity contribution is 0.0593. The predicted octanol–water partition coefficient (Wildman–Crippen LogP) is 3.22. The molecule has 2 aromatic carbocycles. The number of piperazine rings is 1. The maximum Gasteiger partial charge on any atom is 0.254 e. The van der Waals surface area contributed by atoms with E-state index in [-0.39, 0.29) is 11.7 Å².